The monoisotopic (exact) mass is 298 g/mol. The molecule has 19 heavy (non-hydrogen) atoms. The minimum absolute atomic E-state index is 0.114. The number of fused-ring (bicyclic) bond motifs is 1. The topological polar surface area (TPSA) is 77.7 Å². The molecule has 0 spiro atoms. The van der Waals surface area contributed by atoms with E-state index in [1.54, 1.807) is 18.3 Å². The molecule has 98 valence electrons. The van der Waals surface area contributed by atoms with Crippen LogP contribution in [0, 0.1) is 11.5 Å². The van der Waals surface area contributed by atoms with E-state index >= 15 is 0 Å². The third-order valence-corrected chi connectivity index (χ3v) is 3.22. The van der Waals surface area contributed by atoms with Crippen LogP contribution in [-0.4, -0.2) is 17.0 Å². The fourth-order valence-electron chi connectivity index (χ4n) is 1.63. The zero-order valence-electron chi connectivity index (χ0n) is 9.78. The fourth-order valence-corrected chi connectivity index (χ4v) is 2.03. The predicted octanol–water partition coefficient (Wildman–Crippen LogP) is 2.54. The largest absolute Gasteiger partial charge is 0.338 e. The first-order valence-electron chi connectivity index (χ1n) is 5.19. The second-order valence-corrected chi connectivity index (χ2v) is 4.45. The lowest BCUT2D eigenvalue weighted by atomic mass is 10.1. The average molecular weight is 299 g/mol. The van der Waals surface area contributed by atoms with Crippen molar-refractivity contribution in [2.75, 3.05) is 5.32 Å². The van der Waals surface area contributed by atoms with Crippen LogP contribution in [0.4, 0.5) is 5.69 Å². The Labute approximate surface area is 119 Å². The molecule has 1 aliphatic heterocycles. The van der Waals surface area contributed by atoms with Gasteiger partial charge < -0.3 is 10.2 Å². The van der Waals surface area contributed by atoms with Crippen LogP contribution >= 0.6 is 23.2 Å². The third-order valence-electron chi connectivity index (χ3n) is 2.38. The smallest absolute Gasteiger partial charge is 0.329 e. The number of nitriles is 1. The summed E-state index contributed by atoms with van der Waals surface area (Å²) in [5.74, 6) is -0.419. The summed E-state index contributed by atoms with van der Waals surface area (Å²) in [6, 6.07) is 3.34. The molecule has 8 heteroatoms. The standard InChI is InChI=1S/C11H8Cl2N4O2/c1-6(18)19-17-4-7-9(16-11(17)15-5-14)3-2-8(12)10(7)13/h2-3H,4H2,1H3,(H,15,16). The fraction of sp³-hybridized carbons (Fsp3) is 0.182. The van der Waals surface area contributed by atoms with Crippen molar-refractivity contribution in [1.82, 2.24) is 5.06 Å². The van der Waals surface area contributed by atoms with E-state index in [9.17, 15) is 4.79 Å². The molecule has 0 fully saturated rings. The van der Waals surface area contributed by atoms with Gasteiger partial charge in [0.1, 0.15) is 0 Å². The molecule has 1 aliphatic rings. The van der Waals surface area contributed by atoms with E-state index < -0.39 is 5.97 Å². The number of nitrogens with one attached hydrogen (secondary N) is 1. The normalized spacial score (nSPS) is 15.5. The number of carbonyl (C=O) groups is 1. The van der Waals surface area contributed by atoms with Crippen molar-refractivity contribution in [2.24, 2.45) is 4.99 Å². The summed E-state index contributed by atoms with van der Waals surface area (Å²) in [6.07, 6.45) is 1.63. The zero-order valence-corrected chi connectivity index (χ0v) is 11.3. The van der Waals surface area contributed by atoms with Crippen molar-refractivity contribution in [2.45, 2.75) is 13.5 Å². The number of hydrogen-bond donors (Lipinski definition) is 1. The molecule has 0 unspecified atom stereocenters. The first kappa shape index (κ1) is 13.5. The maximum atomic E-state index is 11.0. The van der Waals surface area contributed by atoms with E-state index in [4.69, 9.17) is 33.3 Å². The van der Waals surface area contributed by atoms with Crippen LogP contribution in [0.15, 0.2) is 17.1 Å². The van der Waals surface area contributed by atoms with Crippen molar-refractivity contribution in [1.29, 1.82) is 5.26 Å². The Morgan fingerprint density at radius 1 is 1.58 bits per heavy atom. The highest BCUT2D eigenvalue weighted by molar-refractivity contribution is 6.42. The second-order valence-electron chi connectivity index (χ2n) is 3.67. The van der Waals surface area contributed by atoms with Crippen molar-refractivity contribution >= 4 is 40.8 Å². The first-order valence-corrected chi connectivity index (χ1v) is 5.95. The van der Waals surface area contributed by atoms with Crippen LogP contribution in [0.2, 0.25) is 10.0 Å². The maximum Gasteiger partial charge on any atom is 0.329 e. The lowest BCUT2D eigenvalue weighted by Gasteiger charge is -2.30. The van der Waals surface area contributed by atoms with E-state index in [1.807, 2.05) is 0 Å². The molecule has 6 nitrogen and oxygen atoms in total. The maximum absolute atomic E-state index is 11.0. The lowest BCUT2D eigenvalue weighted by Crippen LogP contribution is -2.41. The minimum Gasteiger partial charge on any atom is -0.338 e. The number of halogens is 2. The summed E-state index contributed by atoms with van der Waals surface area (Å²) >= 11 is 12.0. The Balaban J connectivity index is 2.43. The van der Waals surface area contributed by atoms with Crippen LogP contribution in [0.1, 0.15) is 12.5 Å². The number of rotatable bonds is 1. The molecule has 0 amide bonds. The van der Waals surface area contributed by atoms with Gasteiger partial charge in [0.2, 0.25) is 12.2 Å². The van der Waals surface area contributed by atoms with Crippen molar-refractivity contribution in [3.05, 3.63) is 27.7 Å². The van der Waals surface area contributed by atoms with Gasteiger partial charge in [-0.15, -0.1) is 4.99 Å². The molecule has 0 radical (unpaired) electrons. The number of anilines is 1. The van der Waals surface area contributed by atoms with Gasteiger partial charge in [-0.05, 0) is 12.1 Å². The summed E-state index contributed by atoms with van der Waals surface area (Å²) < 4.78 is 0. The summed E-state index contributed by atoms with van der Waals surface area (Å²) in [4.78, 5) is 19.5. The van der Waals surface area contributed by atoms with E-state index in [2.05, 4.69) is 10.3 Å². The molecule has 1 aromatic carbocycles. The minimum atomic E-state index is -0.533. The zero-order chi connectivity index (χ0) is 14.0. The van der Waals surface area contributed by atoms with E-state index in [0.717, 1.165) is 5.06 Å². The molecule has 0 bridgehead atoms. The summed E-state index contributed by atoms with van der Waals surface area (Å²) in [5, 5.41) is 13.4. The molecule has 0 saturated heterocycles. The Morgan fingerprint density at radius 2 is 2.32 bits per heavy atom. The number of nitrogens with zero attached hydrogens (tertiary/aromatic N) is 3. The van der Waals surface area contributed by atoms with Crippen LogP contribution < -0.4 is 5.32 Å². The van der Waals surface area contributed by atoms with Crippen LogP contribution in [0.3, 0.4) is 0 Å². The highest BCUT2D eigenvalue weighted by atomic mass is 35.5. The summed E-state index contributed by atoms with van der Waals surface area (Å²) in [7, 11) is 0. The summed E-state index contributed by atoms with van der Waals surface area (Å²) in [5.41, 5.74) is 1.32. The van der Waals surface area contributed by atoms with Gasteiger partial charge >= 0.3 is 5.97 Å². The first-order chi connectivity index (χ1) is 9.02. The highest BCUT2D eigenvalue weighted by Gasteiger charge is 2.26. The van der Waals surface area contributed by atoms with E-state index in [1.165, 1.54) is 6.92 Å². The van der Waals surface area contributed by atoms with Crippen molar-refractivity contribution in [3.63, 3.8) is 0 Å². The number of benzene rings is 1. The Bertz CT molecular complexity index is 609. The average Bonchev–Trinajstić information content (AvgIpc) is 2.35. The van der Waals surface area contributed by atoms with Crippen molar-refractivity contribution in [3.8, 4) is 6.19 Å². The predicted molar refractivity (Wildman–Crippen MR) is 70.4 cm³/mol. The number of hydrogen-bond acceptors (Lipinski definition) is 4. The van der Waals surface area contributed by atoms with Gasteiger partial charge in [-0.25, -0.2) is 0 Å². The molecule has 1 N–H and O–H groups in total. The molecule has 0 aromatic heterocycles. The van der Waals surface area contributed by atoms with Gasteiger partial charge in [0.25, 0.3) is 0 Å². The van der Waals surface area contributed by atoms with Crippen molar-refractivity contribution < 1.29 is 9.63 Å². The molecule has 2 rings (SSSR count). The van der Waals surface area contributed by atoms with Gasteiger partial charge in [-0.2, -0.15) is 10.3 Å². The molecule has 1 aromatic rings. The van der Waals surface area contributed by atoms with Gasteiger partial charge in [0.15, 0.2) is 0 Å². The van der Waals surface area contributed by atoms with E-state index in [-0.39, 0.29) is 12.5 Å². The van der Waals surface area contributed by atoms with E-state index in [0.29, 0.717) is 21.3 Å². The van der Waals surface area contributed by atoms with Crippen LogP contribution in [-0.2, 0) is 16.2 Å². The van der Waals surface area contributed by atoms with Gasteiger partial charge in [-0.3, -0.25) is 4.79 Å². The highest BCUT2D eigenvalue weighted by Crippen LogP contribution is 2.35. The second kappa shape index (κ2) is 5.34. The Hall–Kier alpha value is -1.97. The van der Waals surface area contributed by atoms with Gasteiger partial charge in [-0.1, -0.05) is 23.2 Å². The number of aliphatic imine (C=N–C) groups is 1. The molecule has 0 aliphatic carbocycles. The number of hydroxylamine groups is 2. The lowest BCUT2D eigenvalue weighted by molar-refractivity contribution is -0.171. The SMILES string of the molecule is CC(=O)ON1Cc2c(ccc(Cl)c2Cl)N/C1=N/C#N. The molecule has 0 atom stereocenters. The van der Waals surface area contributed by atoms with Crippen LogP contribution in [0.25, 0.3) is 0 Å². The number of carbonyl (C=O) groups excluding carboxylic acids is 1. The summed E-state index contributed by atoms with van der Waals surface area (Å²) in [6.45, 7) is 1.40. The number of guanidine groups is 1. The van der Waals surface area contributed by atoms with Crippen LogP contribution in [0.5, 0.6) is 0 Å². The third kappa shape index (κ3) is 2.72. The molecule has 1 heterocycles. The Morgan fingerprint density at radius 3 is 2.95 bits per heavy atom. The van der Waals surface area contributed by atoms with Gasteiger partial charge in [0.05, 0.1) is 16.6 Å². The Kier molecular flexibility index (Phi) is 3.79. The molecule has 0 saturated carbocycles. The molecular formula is C11H8Cl2N4O2. The quantitative estimate of drug-likeness (QED) is 0.806. The molecular weight excluding hydrogens is 291 g/mol. The van der Waals surface area contributed by atoms with Gasteiger partial charge in [0, 0.05) is 18.2 Å².